The molecular formula is C11H22N2O3. The van der Waals surface area contributed by atoms with E-state index in [1.807, 2.05) is 0 Å². The van der Waals surface area contributed by atoms with Gasteiger partial charge in [-0.1, -0.05) is 0 Å². The predicted octanol–water partition coefficient (Wildman–Crippen LogP) is -0.330. The van der Waals surface area contributed by atoms with Gasteiger partial charge in [0.1, 0.15) is 6.79 Å². The van der Waals surface area contributed by atoms with Gasteiger partial charge in [0.15, 0.2) is 0 Å². The normalized spacial score (nSPS) is 31.9. The zero-order chi connectivity index (χ0) is 11.2. The van der Waals surface area contributed by atoms with Crippen LogP contribution in [0.3, 0.4) is 0 Å². The molecule has 5 heteroatoms. The van der Waals surface area contributed by atoms with Crippen LogP contribution < -0.4 is 5.32 Å². The first kappa shape index (κ1) is 12.3. The van der Waals surface area contributed by atoms with E-state index in [2.05, 4.69) is 17.3 Å². The fraction of sp³-hybridized carbons (Fsp3) is 1.00. The van der Waals surface area contributed by atoms with Crippen LogP contribution in [0.15, 0.2) is 0 Å². The van der Waals surface area contributed by atoms with E-state index in [1.54, 1.807) is 0 Å². The second-order valence-electron chi connectivity index (χ2n) is 4.52. The van der Waals surface area contributed by atoms with Crippen molar-refractivity contribution >= 4 is 0 Å². The highest BCUT2D eigenvalue weighted by atomic mass is 16.7. The molecule has 2 rings (SSSR count). The van der Waals surface area contributed by atoms with Crippen LogP contribution >= 0.6 is 0 Å². The van der Waals surface area contributed by atoms with E-state index in [9.17, 15) is 0 Å². The van der Waals surface area contributed by atoms with E-state index in [-0.39, 0.29) is 0 Å². The average Bonchev–Trinajstić information content (AvgIpc) is 2.31. The molecule has 0 radical (unpaired) electrons. The molecule has 0 aromatic rings. The molecule has 0 aromatic heterocycles. The van der Waals surface area contributed by atoms with Crippen molar-refractivity contribution in [2.24, 2.45) is 0 Å². The summed E-state index contributed by atoms with van der Waals surface area (Å²) in [6.07, 6.45) is 1.63. The zero-order valence-electron chi connectivity index (χ0n) is 9.98. The van der Waals surface area contributed by atoms with Crippen molar-refractivity contribution in [2.75, 3.05) is 53.2 Å². The van der Waals surface area contributed by atoms with E-state index in [1.165, 1.54) is 0 Å². The monoisotopic (exact) mass is 230 g/mol. The van der Waals surface area contributed by atoms with Gasteiger partial charge in [-0.25, -0.2) is 0 Å². The third kappa shape index (κ3) is 3.99. The number of hydrogen-bond acceptors (Lipinski definition) is 5. The first-order valence-corrected chi connectivity index (χ1v) is 6.05. The predicted molar refractivity (Wildman–Crippen MR) is 60.4 cm³/mol. The Morgan fingerprint density at radius 3 is 2.75 bits per heavy atom. The van der Waals surface area contributed by atoms with Crippen molar-refractivity contribution < 1.29 is 14.2 Å². The molecule has 0 saturated carbocycles. The molecule has 1 N–H and O–H groups in total. The SMILES string of the molecule is CN(CC1CCOCO1)CC1CNCCO1. The van der Waals surface area contributed by atoms with Gasteiger partial charge in [-0.3, -0.25) is 0 Å². The Morgan fingerprint density at radius 1 is 1.19 bits per heavy atom. The van der Waals surface area contributed by atoms with Crippen molar-refractivity contribution in [2.45, 2.75) is 18.6 Å². The van der Waals surface area contributed by atoms with Crippen LogP contribution in [0, 0.1) is 0 Å². The molecule has 2 atom stereocenters. The minimum atomic E-state index is 0.315. The Balaban J connectivity index is 1.64. The van der Waals surface area contributed by atoms with Gasteiger partial charge in [-0.15, -0.1) is 0 Å². The Hall–Kier alpha value is -0.200. The highest BCUT2D eigenvalue weighted by Gasteiger charge is 2.19. The quantitative estimate of drug-likeness (QED) is 0.716. The standard InChI is InChI=1S/C11H22N2O3/c1-13(7-10-2-4-14-9-16-10)8-11-6-12-3-5-15-11/h10-12H,2-9H2,1H3. The highest BCUT2D eigenvalue weighted by Crippen LogP contribution is 2.08. The third-order valence-electron chi connectivity index (χ3n) is 3.01. The fourth-order valence-electron chi connectivity index (χ4n) is 2.15. The van der Waals surface area contributed by atoms with Gasteiger partial charge in [0, 0.05) is 26.2 Å². The number of morpholine rings is 1. The molecule has 5 nitrogen and oxygen atoms in total. The molecule has 0 aliphatic carbocycles. The molecule has 0 spiro atoms. The van der Waals surface area contributed by atoms with Crippen LogP contribution in [0.25, 0.3) is 0 Å². The maximum Gasteiger partial charge on any atom is 0.147 e. The lowest BCUT2D eigenvalue weighted by Gasteiger charge is -2.31. The number of ether oxygens (including phenoxy) is 3. The van der Waals surface area contributed by atoms with Crippen LogP contribution in [-0.2, 0) is 14.2 Å². The van der Waals surface area contributed by atoms with Gasteiger partial charge < -0.3 is 24.4 Å². The summed E-state index contributed by atoms with van der Waals surface area (Å²) >= 11 is 0. The molecule has 2 aliphatic rings. The molecule has 94 valence electrons. The first-order valence-electron chi connectivity index (χ1n) is 6.05. The minimum absolute atomic E-state index is 0.315. The van der Waals surface area contributed by atoms with Crippen molar-refractivity contribution in [3.8, 4) is 0 Å². The van der Waals surface area contributed by atoms with E-state index >= 15 is 0 Å². The van der Waals surface area contributed by atoms with Crippen molar-refractivity contribution in [1.29, 1.82) is 0 Å². The summed E-state index contributed by atoms with van der Waals surface area (Å²) in [4.78, 5) is 2.29. The molecule has 2 heterocycles. The number of nitrogens with one attached hydrogen (secondary N) is 1. The summed E-state index contributed by atoms with van der Waals surface area (Å²) < 4.78 is 16.3. The summed E-state index contributed by atoms with van der Waals surface area (Å²) in [5.41, 5.74) is 0. The minimum Gasteiger partial charge on any atom is -0.374 e. The summed E-state index contributed by atoms with van der Waals surface area (Å²) in [7, 11) is 2.12. The summed E-state index contributed by atoms with van der Waals surface area (Å²) in [6, 6.07) is 0. The van der Waals surface area contributed by atoms with Crippen molar-refractivity contribution in [3.63, 3.8) is 0 Å². The number of nitrogens with zero attached hydrogens (tertiary/aromatic N) is 1. The van der Waals surface area contributed by atoms with Crippen LogP contribution in [0.5, 0.6) is 0 Å². The molecular weight excluding hydrogens is 208 g/mol. The van der Waals surface area contributed by atoms with E-state index < -0.39 is 0 Å². The molecule has 2 saturated heterocycles. The van der Waals surface area contributed by atoms with Crippen LogP contribution in [0.2, 0.25) is 0 Å². The molecule has 0 aromatic carbocycles. The summed E-state index contributed by atoms with van der Waals surface area (Å²) in [5.74, 6) is 0. The lowest BCUT2D eigenvalue weighted by atomic mass is 10.2. The number of likely N-dealkylation sites (N-methyl/N-ethyl adjacent to an activating group) is 1. The molecule has 2 fully saturated rings. The van der Waals surface area contributed by atoms with Gasteiger partial charge in [-0.2, -0.15) is 0 Å². The second-order valence-corrected chi connectivity index (χ2v) is 4.52. The maximum atomic E-state index is 5.67. The van der Waals surface area contributed by atoms with Gasteiger partial charge in [-0.05, 0) is 13.5 Å². The topological polar surface area (TPSA) is 43.0 Å². The molecule has 0 bridgehead atoms. The number of hydrogen-bond donors (Lipinski definition) is 1. The molecule has 0 amide bonds. The Morgan fingerprint density at radius 2 is 2.06 bits per heavy atom. The van der Waals surface area contributed by atoms with Crippen molar-refractivity contribution in [1.82, 2.24) is 10.2 Å². The van der Waals surface area contributed by atoms with E-state index in [0.29, 0.717) is 19.0 Å². The van der Waals surface area contributed by atoms with Gasteiger partial charge >= 0.3 is 0 Å². The average molecular weight is 230 g/mol. The largest absolute Gasteiger partial charge is 0.374 e. The van der Waals surface area contributed by atoms with Crippen LogP contribution in [0.1, 0.15) is 6.42 Å². The Kier molecular flexibility index (Phi) is 4.99. The smallest absolute Gasteiger partial charge is 0.147 e. The Bertz CT molecular complexity index is 172. The van der Waals surface area contributed by atoms with Gasteiger partial charge in [0.05, 0.1) is 25.4 Å². The zero-order valence-corrected chi connectivity index (χ0v) is 9.98. The third-order valence-corrected chi connectivity index (χ3v) is 3.01. The second kappa shape index (κ2) is 6.51. The number of rotatable bonds is 4. The fourth-order valence-corrected chi connectivity index (χ4v) is 2.15. The first-order chi connectivity index (χ1) is 7.84. The molecule has 16 heavy (non-hydrogen) atoms. The summed E-state index contributed by atoms with van der Waals surface area (Å²) in [5, 5.41) is 3.34. The highest BCUT2D eigenvalue weighted by molar-refractivity contribution is 4.73. The lowest BCUT2D eigenvalue weighted by Crippen LogP contribution is -2.46. The van der Waals surface area contributed by atoms with Gasteiger partial charge in [0.25, 0.3) is 0 Å². The van der Waals surface area contributed by atoms with Crippen LogP contribution in [0.4, 0.5) is 0 Å². The maximum absolute atomic E-state index is 5.67. The summed E-state index contributed by atoms with van der Waals surface area (Å²) in [6.45, 7) is 5.95. The van der Waals surface area contributed by atoms with Crippen molar-refractivity contribution in [3.05, 3.63) is 0 Å². The van der Waals surface area contributed by atoms with E-state index in [4.69, 9.17) is 14.2 Å². The molecule has 2 aliphatic heterocycles. The molecule has 2 unspecified atom stereocenters. The van der Waals surface area contributed by atoms with Gasteiger partial charge in [0.2, 0.25) is 0 Å². The van der Waals surface area contributed by atoms with Crippen LogP contribution in [-0.4, -0.2) is 70.3 Å². The lowest BCUT2D eigenvalue weighted by molar-refractivity contribution is -0.144. The van der Waals surface area contributed by atoms with E-state index in [0.717, 1.165) is 45.8 Å². The Labute approximate surface area is 97.0 Å².